The maximum Gasteiger partial charge on any atom is 2.00 e. The molecule has 4 N–H and O–H groups in total. The van der Waals surface area contributed by atoms with E-state index in [0.29, 0.717) is 0 Å². The van der Waals surface area contributed by atoms with E-state index < -0.39 is 20.8 Å². The Balaban J connectivity index is -0.0000000247. The van der Waals surface area contributed by atoms with Crippen molar-refractivity contribution in [3.8, 4) is 0 Å². The third kappa shape index (κ3) is 65300. The molecule has 0 aliphatic heterocycles. The van der Waals surface area contributed by atoms with Gasteiger partial charge in [0.1, 0.15) is 0 Å². The van der Waals surface area contributed by atoms with Gasteiger partial charge in [-0.1, -0.05) is 0 Å². The van der Waals surface area contributed by atoms with Gasteiger partial charge in [0.15, 0.2) is 0 Å². The molecule has 0 fully saturated rings. The molecule has 0 aromatic carbocycles. The summed E-state index contributed by atoms with van der Waals surface area (Å²) in [6.07, 6.45) is -0.167. The van der Waals surface area contributed by atoms with Crippen molar-refractivity contribution in [2.24, 2.45) is 11.5 Å². The molecule has 0 aliphatic carbocycles. The van der Waals surface area contributed by atoms with Crippen LogP contribution < -0.4 is 11.5 Å². The molecular formula is C2H10MnN2O8S2. The Kier molecular flexibility index (Phi) is 17.4. The maximum atomic E-state index is 8.52. The van der Waals surface area contributed by atoms with Crippen LogP contribution in [0, 0.1) is 0 Å². The van der Waals surface area contributed by atoms with Crippen LogP contribution in [0.4, 0.5) is 0 Å². The van der Waals surface area contributed by atoms with E-state index in [-0.39, 0.29) is 26.1 Å². The quantitative estimate of drug-likeness (QED) is 0.198. The molecule has 1 radical (unpaired) electrons. The van der Waals surface area contributed by atoms with Gasteiger partial charge in [-0.3, -0.25) is 16.8 Å². The summed E-state index contributed by atoms with van der Waals surface area (Å²) < 4.78 is 68.2. The molecule has 13 heteroatoms. The second-order valence-electron chi connectivity index (χ2n) is 1.68. The molecule has 0 aromatic heterocycles. The summed E-state index contributed by atoms with van der Waals surface area (Å²) in [5.74, 6) is 0. The van der Waals surface area contributed by atoms with Gasteiger partial charge in [-0.15, -0.1) is 0 Å². The fraction of sp³-hybridized carbons (Fsp3) is 1.00. The van der Waals surface area contributed by atoms with Crippen molar-refractivity contribution < 1.29 is 55.0 Å². The number of hydrogen-bond acceptors (Lipinski definition) is 10. The first kappa shape index (κ1) is 24.4. The largest absolute Gasteiger partial charge is 2.00 e. The molecule has 0 aromatic rings. The number of hydrogen-bond donors (Lipinski definition) is 2. The van der Waals surface area contributed by atoms with Crippen LogP contribution in [0.15, 0.2) is 0 Å². The molecule has 15 heavy (non-hydrogen) atoms. The van der Waals surface area contributed by atoms with Gasteiger partial charge in [0.05, 0.1) is 0 Å². The molecule has 0 saturated heterocycles. The minimum absolute atomic E-state index is 0. The van der Waals surface area contributed by atoms with Crippen molar-refractivity contribution >= 4 is 20.8 Å². The zero-order valence-corrected chi connectivity index (χ0v) is 10.0. The average molecular weight is 309 g/mol. The van der Waals surface area contributed by atoms with Crippen LogP contribution >= 0.6 is 0 Å². The van der Waals surface area contributed by atoms with E-state index in [4.69, 9.17) is 46.5 Å². The molecule has 0 amide bonds. The van der Waals surface area contributed by atoms with Crippen LogP contribution in [-0.4, -0.2) is 41.2 Å². The summed E-state index contributed by atoms with van der Waals surface area (Å²) in [6, 6.07) is 0. The molecule has 0 saturated carbocycles. The van der Waals surface area contributed by atoms with E-state index in [9.17, 15) is 0 Å². The van der Waals surface area contributed by atoms with Crippen molar-refractivity contribution in [3.63, 3.8) is 0 Å². The minimum atomic E-state index is -5.17. The fourth-order valence-corrected chi connectivity index (χ4v) is 0. The predicted octanol–water partition coefficient (Wildman–Crippen LogP) is -3.20. The molecule has 10 nitrogen and oxygen atoms in total. The van der Waals surface area contributed by atoms with Crippen molar-refractivity contribution in [1.82, 2.24) is 0 Å². The SMILES string of the molecule is CC(N)N.O=S(=O)([O-])[O-].O=S(=O)([O-])[O-].[H+].[H+].[Mn+2]. The predicted molar refractivity (Wildman–Crippen MR) is 41.0 cm³/mol. The summed E-state index contributed by atoms with van der Waals surface area (Å²) >= 11 is 0. The normalized spacial score (nSPS) is 10.1. The van der Waals surface area contributed by atoms with E-state index in [1.165, 1.54) is 0 Å². The maximum absolute atomic E-state index is 8.52. The number of nitrogens with two attached hydrogens (primary N) is 2. The Labute approximate surface area is 101 Å². The van der Waals surface area contributed by atoms with Gasteiger partial charge in [0, 0.05) is 27.0 Å². The summed E-state index contributed by atoms with van der Waals surface area (Å²) in [4.78, 5) is 0. The third-order valence-corrected chi connectivity index (χ3v) is 0. The van der Waals surface area contributed by atoms with Gasteiger partial charge in [-0.05, 0) is 6.92 Å². The van der Waals surface area contributed by atoms with Crippen molar-refractivity contribution in [3.05, 3.63) is 0 Å². The summed E-state index contributed by atoms with van der Waals surface area (Å²) in [5.41, 5.74) is 9.78. The molecule has 0 atom stereocenters. The topological polar surface area (TPSA) is 213 Å². The zero-order chi connectivity index (χ0) is 12.6. The Morgan fingerprint density at radius 3 is 0.933 bits per heavy atom. The Morgan fingerprint density at radius 1 is 0.933 bits per heavy atom. The van der Waals surface area contributed by atoms with Gasteiger partial charge in [0.25, 0.3) is 0 Å². The molecule has 0 spiro atoms. The first-order chi connectivity index (χ1) is 5.73. The molecule has 0 heterocycles. The molecule has 95 valence electrons. The smallest absolute Gasteiger partial charge is 0.759 e. The monoisotopic (exact) mass is 309 g/mol. The second-order valence-corrected chi connectivity index (χ2v) is 3.31. The van der Waals surface area contributed by atoms with Crippen molar-refractivity contribution in [2.45, 2.75) is 13.1 Å². The standard InChI is InChI=1S/C2H8N2.Mn.2H2O4S/c1-2(3)4;;2*1-5(2,3)4/h2H,3-4H2,1H3;;2*(H2,1,2,3,4)/q;+2;;/p-2. The Bertz CT molecular complexity index is 268. The first-order valence-corrected chi connectivity index (χ1v) is 5.24. The Hall–Kier alpha value is 0.179. The average Bonchev–Trinajstić information content (AvgIpc) is 1.45. The van der Waals surface area contributed by atoms with E-state index in [1.54, 1.807) is 6.92 Å². The van der Waals surface area contributed by atoms with Crippen LogP contribution in [0.2, 0.25) is 0 Å². The molecule has 0 rings (SSSR count). The van der Waals surface area contributed by atoms with Crippen LogP contribution in [0.1, 0.15) is 9.78 Å². The zero-order valence-electron chi connectivity index (χ0n) is 9.19. The van der Waals surface area contributed by atoms with Gasteiger partial charge in [-0.25, -0.2) is 0 Å². The van der Waals surface area contributed by atoms with E-state index in [2.05, 4.69) is 0 Å². The van der Waals surface area contributed by atoms with Gasteiger partial charge >= 0.3 is 19.9 Å². The molecule has 0 bridgehead atoms. The second kappa shape index (κ2) is 10.7. The van der Waals surface area contributed by atoms with E-state index in [1.807, 2.05) is 0 Å². The number of rotatable bonds is 0. The van der Waals surface area contributed by atoms with Crippen molar-refractivity contribution in [2.75, 3.05) is 0 Å². The van der Waals surface area contributed by atoms with E-state index in [0.717, 1.165) is 0 Å². The molecule has 0 unspecified atom stereocenters. The molecule has 0 aliphatic rings. The minimum Gasteiger partial charge on any atom is -0.759 e. The Morgan fingerprint density at radius 2 is 0.933 bits per heavy atom. The van der Waals surface area contributed by atoms with Crippen LogP contribution in [0.5, 0.6) is 0 Å². The van der Waals surface area contributed by atoms with Gasteiger partial charge < -0.3 is 29.7 Å². The summed E-state index contributed by atoms with van der Waals surface area (Å²) in [7, 11) is -10.3. The van der Waals surface area contributed by atoms with Crippen molar-refractivity contribution in [1.29, 1.82) is 0 Å². The summed E-state index contributed by atoms with van der Waals surface area (Å²) in [5, 5.41) is 0. The fourth-order valence-electron chi connectivity index (χ4n) is 0. The van der Waals surface area contributed by atoms with Crippen LogP contribution in [0.25, 0.3) is 0 Å². The first-order valence-electron chi connectivity index (χ1n) is 2.58. The van der Waals surface area contributed by atoms with Crippen LogP contribution in [-0.2, 0) is 37.9 Å². The van der Waals surface area contributed by atoms with Crippen LogP contribution in [0.3, 0.4) is 0 Å². The third-order valence-electron chi connectivity index (χ3n) is 0. The van der Waals surface area contributed by atoms with Gasteiger partial charge in [0.2, 0.25) is 0 Å². The van der Waals surface area contributed by atoms with E-state index >= 15 is 0 Å². The summed E-state index contributed by atoms with van der Waals surface area (Å²) in [6.45, 7) is 1.72. The van der Waals surface area contributed by atoms with Gasteiger partial charge in [-0.2, -0.15) is 0 Å². The molecular weight excluding hydrogens is 299 g/mol.